The van der Waals surface area contributed by atoms with Crippen LogP contribution in [0.1, 0.15) is 37.8 Å². The van der Waals surface area contributed by atoms with E-state index in [1.165, 1.54) is 0 Å². The van der Waals surface area contributed by atoms with Gasteiger partial charge in [0.2, 0.25) is 11.6 Å². The molecule has 2 aromatic heterocycles. The molecule has 5 nitrogen and oxygen atoms in total. The van der Waals surface area contributed by atoms with Crippen LogP contribution in [-0.2, 0) is 6.54 Å². The molecular formula is C21H13N3O2. The highest BCUT2D eigenvalue weighted by Crippen LogP contribution is 2.26. The first kappa shape index (κ1) is 14.7. The third-order valence-electron chi connectivity index (χ3n) is 4.67. The minimum Gasteiger partial charge on any atom is -0.321 e. The van der Waals surface area contributed by atoms with Crippen LogP contribution in [0.4, 0.5) is 0 Å². The lowest BCUT2D eigenvalue weighted by molar-refractivity contribution is 0.0971. The molecule has 0 saturated heterocycles. The van der Waals surface area contributed by atoms with E-state index < -0.39 is 0 Å². The Morgan fingerprint density at radius 1 is 0.808 bits per heavy atom. The number of fused-ring (bicyclic) bond motifs is 3. The predicted molar refractivity (Wildman–Crippen MR) is 96.4 cm³/mol. The monoisotopic (exact) mass is 339 g/mol. The largest absolute Gasteiger partial charge is 0.321 e. The van der Waals surface area contributed by atoms with Crippen LogP contribution in [0.15, 0.2) is 67.0 Å². The van der Waals surface area contributed by atoms with Crippen molar-refractivity contribution in [1.29, 1.82) is 0 Å². The summed E-state index contributed by atoms with van der Waals surface area (Å²) in [4.78, 5) is 34.4. The van der Waals surface area contributed by atoms with Crippen molar-refractivity contribution in [1.82, 2.24) is 14.5 Å². The molecule has 0 saturated carbocycles. The van der Waals surface area contributed by atoms with Gasteiger partial charge in [-0.05, 0) is 12.1 Å². The third kappa shape index (κ3) is 2.10. The molecule has 0 amide bonds. The maximum absolute atomic E-state index is 12.9. The molecule has 5 heteroatoms. The maximum Gasteiger partial charge on any atom is 0.214 e. The number of hydrogen-bond donors (Lipinski definition) is 0. The fraction of sp³-hybridized carbons (Fsp3) is 0.0476. The summed E-state index contributed by atoms with van der Waals surface area (Å²) < 4.78 is 1.71. The van der Waals surface area contributed by atoms with Gasteiger partial charge in [-0.1, -0.05) is 48.5 Å². The lowest BCUT2D eigenvalue weighted by atomic mass is 9.90. The highest BCUT2D eigenvalue weighted by molar-refractivity contribution is 6.27. The van der Waals surface area contributed by atoms with Gasteiger partial charge in [0.15, 0.2) is 0 Å². The van der Waals surface area contributed by atoms with E-state index in [0.717, 1.165) is 16.6 Å². The van der Waals surface area contributed by atoms with Crippen molar-refractivity contribution in [3.63, 3.8) is 0 Å². The zero-order valence-corrected chi connectivity index (χ0v) is 13.7. The summed E-state index contributed by atoms with van der Waals surface area (Å²) in [6.45, 7) is 0.383. The van der Waals surface area contributed by atoms with Gasteiger partial charge in [-0.2, -0.15) is 0 Å². The molecule has 1 aliphatic rings. The average Bonchev–Trinajstić information content (AvgIpc) is 3.10. The molecule has 1 aliphatic carbocycles. The zero-order valence-electron chi connectivity index (χ0n) is 13.7. The fourth-order valence-electron chi connectivity index (χ4n) is 3.41. The SMILES string of the molecule is O=C1c2ccccc2C(=O)c2c1ncn2Cc1ccc2ccccc2n1. The minimum atomic E-state index is -0.208. The molecule has 2 aromatic carbocycles. The molecule has 0 unspecified atom stereocenters. The van der Waals surface area contributed by atoms with Gasteiger partial charge in [-0.15, -0.1) is 0 Å². The second kappa shape index (κ2) is 5.46. The van der Waals surface area contributed by atoms with Crippen LogP contribution in [-0.4, -0.2) is 26.1 Å². The van der Waals surface area contributed by atoms with E-state index in [2.05, 4.69) is 9.97 Å². The van der Waals surface area contributed by atoms with Crippen LogP contribution in [0.25, 0.3) is 10.9 Å². The number of hydrogen-bond acceptors (Lipinski definition) is 4. The van der Waals surface area contributed by atoms with Crippen LogP contribution in [0.3, 0.4) is 0 Å². The van der Waals surface area contributed by atoms with Crippen molar-refractivity contribution in [2.45, 2.75) is 6.54 Å². The Labute approximate surface area is 148 Å². The van der Waals surface area contributed by atoms with E-state index in [1.54, 1.807) is 35.2 Å². The minimum absolute atomic E-state index is 0.173. The number of aromatic nitrogens is 3. The van der Waals surface area contributed by atoms with Gasteiger partial charge in [-0.3, -0.25) is 14.6 Å². The first-order valence-corrected chi connectivity index (χ1v) is 8.30. The molecule has 0 atom stereocenters. The fourth-order valence-corrected chi connectivity index (χ4v) is 3.41. The molecule has 0 aliphatic heterocycles. The number of benzene rings is 2. The third-order valence-corrected chi connectivity index (χ3v) is 4.67. The molecule has 0 radical (unpaired) electrons. The topological polar surface area (TPSA) is 64.8 Å². The van der Waals surface area contributed by atoms with Crippen molar-refractivity contribution in [2.24, 2.45) is 0 Å². The smallest absolute Gasteiger partial charge is 0.214 e. The Balaban J connectivity index is 1.58. The number of para-hydroxylation sites is 1. The van der Waals surface area contributed by atoms with E-state index in [4.69, 9.17) is 0 Å². The van der Waals surface area contributed by atoms with E-state index in [9.17, 15) is 9.59 Å². The molecule has 0 fully saturated rings. The molecule has 0 N–H and O–H groups in total. The summed E-state index contributed by atoms with van der Waals surface area (Å²) in [6.07, 6.45) is 1.54. The van der Waals surface area contributed by atoms with Gasteiger partial charge in [-0.25, -0.2) is 4.98 Å². The summed E-state index contributed by atoms with van der Waals surface area (Å²) in [6, 6.07) is 18.7. The predicted octanol–water partition coefficient (Wildman–Crippen LogP) is 3.26. The quantitative estimate of drug-likeness (QED) is 0.495. The van der Waals surface area contributed by atoms with Crippen LogP contribution in [0.2, 0.25) is 0 Å². The standard InChI is InChI=1S/C21H13N3O2/c25-20-15-6-2-3-7-16(15)21(26)19-18(20)22-12-24(19)11-14-10-9-13-5-1-4-8-17(13)23-14/h1-10,12H,11H2. The van der Waals surface area contributed by atoms with Gasteiger partial charge in [0.05, 0.1) is 24.1 Å². The number of nitrogens with zero attached hydrogens (tertiary/aromatic N) is 3. The Morgan fingerprint density at radius 3 is 2.38 bits per heavy atom. The normalized spacial score (nSPS) is 12.9. The second-order valence-electron chi connectivity index (χ2n) is 6.27. The Bertz CT molecular complexity index is 1210. The molecular weight excluding hydrogens is 326 g/mol. The highest BCUT2D eigenvalue weighted by atomic mass is 16.1. The first-order chi connectivity index (χ1) is 12.7. The summed E-state index contributed by atoms with van der Waals surface area (Å²) in [5.74, 6) is -0.381. The molecule has 4 aromatic rings. The molecule has 5 rings (SSSR count). The number of carbonyl (C=O) groups excluding carboxylic acids is 2. The van der Waals surface area contributed by atoms with Gasteiger partial charge in [0.25, 0.3) is 0 Å². The van der Waals surface area contributed by atoms with Gasteiger partial charge < -0.3 is 4.57 Å². The van der Waals surface area contributed by atoms with E-state index in [-0.39, 0.29) is 17.3 Å². The summed E-state index contributed by atoms with van der Waals surface area (Å²) in [5, 5.41) is 1.06. The summed E-state index contributed by atoms with van der Waals surface area (Å²) >= 11 is 0. The van der Waals surface area contributed by atoms with E-state index in [0.29, 0.717) is 23.4 Å². The van der Waals surface area contributed by atoms with Crippen molar-refractivity contribution >= 4 is 22.5 Å². The molecule has 26 heavy (non-hydrogen) atoms. The van der Waals surface area contributed by atoms with Crippen molar-refractivity contribution < 1.29 is 9.59 Å². The van der Waals surface area contributed by atoms with Gasteiger partial charge >= 0.3 is 0 Å². The van der Waals surface area contributed by atoms with Crippen molar-refractivity contribution in [3.8, 4) is 0 Å². The van der Waals surface area contributed by atoms with E-state index in [1.807, 2.05) is 36.4 Å². The number of pyridine rings is 1. The summed E-state index contributed by atoms with van der Waals surface area (Å²) in [5.41, 5.74) is 3.10. The Kier molecular flexibility index (Phi) is 3.09. The van der Waals surface area contributed by atoms with Crippen LogP contribution >= 0.6 is 0 Å². The Hall–Kier alpha value is -3.60. The van der Waals surface area contributed by atoms with Crippen LogP contribution in [0.5, 0.6) is 0 Å². The average molecular weight is 339 g/mol. The molecule has 0 spiro atoms. The van der Waals surface area contributed by atoms with Crippen molar-refractivity contribution in [2.75, 3.05) is 0 Å². The van der Waals surface area contributed by atoms with Gasteiger partial charge in [0, 0.05) is 16.5 Å². The first-order valence-electron chi connectivity index (χ1n) is 8.30. The maximum atomic E-state index is 12.9. The lowest BCUT2D eigenvalue weighted by Crippen LogP contribution is -2.23. The van der Waals surface area contributed by atoms with Crippen LogP contribution in [0, 0.1) is 0 Å². The second-order valence-corrected chi connectivity index (χ2v) is 6.27. The van der Waals surface area contributed by atoms with Crippen molar-refractivity contribution in [3.05, 3.63) is 95.2 Å². The summed E-state index contributed by atoms with van der Waals surface area (Å²) in [7, 11) is 0. The number of carbonyl (C=O) groups is 2. The molecule has 124 valence electrons. The Morgan fingerprint density at radius 2 is 1.54 bits per heavy atom. The van der Waals surface area contributed by atoms with E-state index >= 15 is 0 Å². The van der Waals surface area contributed by atoms with Gasteiger partial charge in [0.1, 0.15) is 11.4 Å². The lowest BCUT2D eigenvalue weighted by Gasteiger charge is -2.15. The zero-order chi connectivity index (χ0) is 17.7. The highest BCUT2D eigenvalue weighted by Gasteiger charge is 2.33. The molecule has 0 bridgehead atoms. The molecule has 2 heterocycles. The van der Waals surface area contributed by atoms with Crippen LogP contribution < -0.4 is 0 Å². The number of imidazole rings is 1. The number of ketones is 2. The number of rotatable bonds is 2.